The minimum absolute atomic E-state index is 0.176. The summed E-state index contributed by atoms with van der Waals surface area (Å²) in [7, 11) is 1.56. The van der Waals surface area contributed by atoms with Gasteiger partial charge < -0.3 is 18.9 Å². The molecule has 3 aromatic rings. The highest BCUT2D eigenvalue weighted by atomic mass is 32.1. The van der Waals surface area contributed by atoms with Gasteiger partial charge in [-0.15, -0.1) is 0 Å². The second-order valence-electron chi connectivity index (χ2n) is 7.66. The smallest absolute Gasteiger partial charge is 0.338 e. The Morgan fingerprint density at radius 2 is 2.03 bits per heavy atom. The first kappa shape index (κ1) is 22.0. The Morgan fingerprint density at radius 3 is 2.82 bits per heavy atom. The van der Waals surface area contributed by atoms with Gasteiger partial charge in [0, 0.05) is 5.56 Å². The van der Waals surface area contributed by atoms with Gasteiger partial charge in [-0.3, -0.25) is 9.36 Å². The molecule has 0 amide bonds. The summed E-state index contributed by atoms with van der Waals surface area (Å²) in [5, 5.41) is 0. The molecule has 2 aliphatic heterocycles. The first-order chi connectivity index (χ1) is 16.5. The van der Waals surface area contributed by atoms with Gasteiger partial charge in [0.05, 0.1) is 29.5 Å². The molecule has 0 saturated carbocycles. The number of aromatic nitrogens is 1. The molecule has 2 aliphatic rings. The number of methoxy groups -OCH3 is 1. The second-order valence-corrected chi connectivity index (χ2v) is 8.67. The molecule has 0 saturated heterocycles. The van der Waals surface area contributed by atoms with Crippen LogP contribution in [0.5, 0.6) is 17.2 Å². The van der Waals surface area contributed by atoms with Gasteiger partial charge in [-0.05, 0) is 43.7 Å². The summed E-state index contributed by atoms with van der Waals surface area (Å²) < 4.78 is 23.8. The van der Waals surface area contributed by atoms with Gasteiger partial charge >= 0.3 is 5.97 Å². The minimum Gasteiger partial charge on any atom is -0.496 e. The van der Waals surface area contributed by atoms with E-state index < -0.39 is 12.0 Å². The summed E-state index contributed by atoms with van der Waals surface area (Å²) in [6.45, 7) is 3.88. The number of fused-ring (bicyclic) bond motifs is 2. The van der Waals surface area contributed by atoms with Gasteiger partial charge in [-0.1, -0.05) is 35.6 Å². The quantitative estimate of drug-likeness (QED) is 0.524. The zero-order valence-corrected chi connectivity index (χ0v) is 19.7. The number of esters is 1. The van der Waals surface area contributed by atoms with Crippen LogP contribution in [0.2, 0.25) is 0 Å². The molecule has 174 valence electrons. The molecule has 0 fully saturated rings. The highest BCUT2D eigenvalue weighted by molar-refractivity contribution is 7.07. The van der Waals surface area contributed by atoms with Crippen LogP contribution in [0.25, 0.3) is 6.08 Å². The number of hydrogen-bond acceptors (Lipinski definition) is 8. The van der Waals surface area contributed by atoms with Crippen molar-refractivity contribution in [2.45, 2.75) is 19.9 Å². The molecule has 1 aromatic heterocycles. The molecule has 0 bridgehead atoms. The van der Waals surface area contributed by atoms with Gasteiger partial charge in [0.1, 0.15) is 11.8 Å². The van der Waals surface area contributed by atoms with Crippen LogP contribution in [-0.2, 0) is 9.53 Å². The van der Waals surface area contributed by atoms with Crippen molar-refractivity contribution in [2.75, 3.05) is 20.5 Å². The lowest BCUT2D eigenvalue weighted by atomic mass is 9.95. The first-order valence-electron chi connectivity index (χ1n) is 10.7. The van der Waals surface area contributed by atoms with E-state index in [9.17, 15) is 9.59 Å². The Labute approximate surface area is 199 Å². The average molecular weight is 479 g/mol. The monoisotopic (exact) mass is 478 g/mol. The van der Waals surface area contributed by atoms with Crippen LogP contribution in [0.1, 0.15) is 31.0 Å². The Kier molecular flexibility index (Phi) is 5.70. The minimum atomic E-state index is -0.731. The summed E-state index contributed by atoms with van der Waals surface area (Å²) in [5.41, 5.74) is 2.04. The van der Waals surface area contributed by atoms with Crippen LogP contribution < -0.4 is 29.1 Å². The number of thiazole rings is 1. The molecule has 8 nitrogen and oxygen atoms in total. The maximum Gasteiger partial charge on any atom is 0.338 e. The topological polar surface area (TPSA) is 88.4 Å². The molecule has 34 heavy (non-hydrogen) atoms. The van der Waals surface area contributed by atoms with Crippen molar-refractivity contribution in [2.24, 2.45) is 4.99 Å². The molecular formula is C25H22N2O6S. The Bertz CT molecular complexity index is 1500. The Morgan fingerprint density at radius 1 is 1.24 bits per heavy atom. The summed E-state index contributed by atoms with van der Waals surface area (Å²) >= 11 is 1.26. The molecule has 1 atom stereocenters. The molecule has 0 radical (unpaired) electrons. The van der Waals surface area contributed by atoms with E-state index in [1.54, 1.807) is 37.7 Å². The van der Waals surface area contributed by atoms with Gasteiger partial charge in [0.25, 0.3) is 5.56 Å². The van der Waals surface area contributed by atoms with Crippen LogP contribution in [0.3, 0.4) is 0 Å². The highest BCUT2D eigenvalue weighted by Gasteiger charge is 2.34. The maximum atomic E-state index is 13.7. The van der Waals surface area contributed by atoms with Crippen LogP contribution in [0.4, 0.5) is 0 Å². The zero-order valence-electron chi connectivity index (χ0n) is 18.9. The van der Waals surface area contributed by atoms with Crippen molar-refractivity contribution in [3.63, 3.8) is 0 Å². The van der Waals surface area contributed by atoms with Crippen molar-refractivity contribution < 1.29 is 23.7 Å². The van der Waals surface area contributed by atoms with Gasteiger partial charge in [-0.25, -0.2) is 9.79 Å². The Balaban J connectivity index is 1.72. The lowest BCUT2D eigenvalue weighted by Crippen LogP contribution is -2.40. The normalized spacial score (nSPS) is 16.8. The molecule has 9 heteroatoms. The molecule has 0 aliphatic carbocycles. The van der Waals surface area contributed by atoms with Crippen molar-refractivity contribution in [1.82, 2.24) is 4.57 Å². The van der Waals surface area contributed by atoms with Gasteiger partial charge in [0.2, 0.25) is 6.79 Å². The van der Waals surface area contributed by atoms with E-state index in [-0.39, 0.29) is 19.0 Å². The standard InChI is InChI=1S/C25H22N2O6S/c1-4-31-24(29)21-14(2)26-25-27(22(21)16-7-5-6-8-17(16)30-3)23(28)20(34-25)12-15-9-10-18-19(11-15)33-13-32-18/h5-12,22H,4,13H2,1-3H3/b20-12-/t22-/m1/s1. The van der Waals surface area contributed by atoms with Gasteiger partial charge in [-0.2, -0.15) is 0 Å². The fourth-order valence-electron chi connectivity index (χ4n) is 4.13. The number of carbonyl (C=O) groups excluding carboxylic acids is 1. The highest BCUT2D eigenvalue weighted by Crippen LogP contribution is 2.36. The number of allylic oxidation sites excluding steroid dienone is 1. The van der Waals surface area contributed by atoms with Crippen LogP contribution in [0, 0.1) is 0 Å². The molecule has 5 rings (SSSR count). The third-order valence-corrected chi connectivity index (χ3v) is 6.63. The largest absolute Gasteiger partial charge is 0.496 e. The second kappa shape index (κ2) is 8.83. The van der Waals surface area contributed by atoms with E-state index in [2.05, 4.69) is 4.99 Å². The van der Waals surface area contributed by atoms with Crippen LogP contribution in [0.15, 0.2) is 63.5 Å². The fourth-order valence-corrected chi connectivity index (χ4v) is 5.18. The zero-order chi connectivity index (χ0) is 23.8. The van der Waals surface area contributed by atoms with Crippen LogP contribution >= 0.6 is 11.3 Å². The maximum absolute atomic E-state index is 13.7. The van der Waals surface area contributed by atoms with Crippen molar-refractivity contribution in [3.05, 3.63) is 84.5 Å². The third-order valence-electron chi connectivity index (χ3n) is 5.64. The number of para-hydroxylation sites is 1. The molecular weight excluding hydrogens is 456 g/mol. The summed E-state index contributed by atoms with van der Waals surface area (Å²) in [5.74, 6) is 1.36. The van der Waals surface area contributed by atoms with E-state index in [4.69, 9.17) is 18.9 Å². The van der Waals surface area contributed by atoms with Crippen molar-refractivity contribution >= 4 is 23.4 Å². The van der Waals surface area contributed by atoms with E-state index in [1.807, 2.05) is 36.4 Å². The first-order valence-corrected chi connectivity index (χ1v) is 11.6. The van der Waals surface area contributed by atoms with Crippen molar-refractivity contribution in [3.8, 4) is 17.2 Å². The fraction of sp³-hybridized carbons (Fsp3) is 0.240. The predicted octanol–water partition coefficient (Wildman–Crippen LogP) is 2.54. The number of carbonyl (C=O) groups is 1. The van der Waals surface area contributed by atoms with Crippen molar-refractivity contribution in [1.29, 1.82) is 0 Å². The summed E-state index contributed by atoms with van der Waals surface area (Å²) in [4.78, 5) is 31.8. The lowest BCUT2D eigenvalue weighted by Gasteiger charge is -2.25. The van der Waals surface area contributed by atoms with E-state index >= 15 is 0 Å². The lowest BCUT2D eigenvalue weighted by molar-refractivity contribution is -0.139. The summed E-state index contributed by atoms with van der Waals surface area (Å²) in [6.07, 6.45) is 1.79. The molecule has 2 aromatic carbocycles. The SMILES string of the molecule is CCOC(=O)C1=C(C)N=c2s/c(=C\c3ccc4c(c3)OCO4)c(=O)n2[C@@H]1c1ccccc1OC. The third kappa shape index (κ3) is 3.67. The predicted molar refractivity (Wildman–Crippen MR) is 126 cm³/mol. The Hall–Kier alpha value is -3.85. The van der Waals surface area contributed by atoms with Crippen LogP contribution in [-0.4, -0.2) is 31.0 Å². The molecule has 3 heterocycles. The van der Waals surface area contributed by atoms with E-state index in [1.165, 1.54) is 11.3 Å². The van der Waals surface area contributed by atoms with E-state index in [0.717, 1.165) is 5.56 Å². The van der Waals surface area contributed by atoms with Gasteiger partial charge in [0.15, 0.2) is 16.3 Å². The molecule has 0 unspecified atom stereocenters. The molecule has 0 spiro atoms. The average Bonchev–Trinajstić information content (AvgIpc) is 3.42. The number of hydrogen-bond donors (Lipinski definition) is 0. The molecule has 0 N–H and O–H groups in total. The number of benzene rings is 2. The van der Waals surface area contributed by atoms with E-state index in [0.29, 0.717) is 43.4 Å². The number of ether oxygens (including phenoxy) is 4. The number of nitrogens with zero attached hydrogens (tertiary/aromatic N) is 2. The number of rotatable bonds is 5. The summed E-state index contributed by atoms with van der Waals surface area (Å²) in [6, 6.07) is 12.1.